The van der Waals surface area contributed by atoms with Crippen molar-refractivity contribution in [2.45, 2.75) is 84.6 Å². The molecular weight excluding hydrogens is 252 g/mol. The third-order valence-electron chi connectivity index (χ3n) is 3.57. The molecule has 2 nitrogen and oxygen atoms in total. The topological polar surface area (TPSA) is 18.5 Å². The van der Waals surface area contributed by atoms with Crippen LogP contribution in [-0.4, -0.2) is 20.8 Å². The van der Waals surface area contributed by atoms with Gasteiger partial charge in [-0.3, -0.25) is 0 Å². The molecule has 2 unspecified atom stereocenters. The highest BCUT2D eigenvalue weighted by atomic mass is 28.4. The minimum absolute atomic E-state index is 0.243. The van der Waals surface area contributed by atoms with Gasteiger partial charge in [-0.05, 0) is 47.0 Å². The SMILES string of the molecule is C=C(C)C[Si](OC(C)C)(OC(C)C)C1CC1CCC. The minimum Gasteiger partial charge on any atom is -0.391 e. The lowest BCUT2D eigenvalue weighted by molar-refractivity contribution is 0.103. The van der Waals surface area contributed by atoms with E-state index in [1.165, 1.54) is 24.8 Å². The van der Waals surface area contributed by atoms with Gasteiger partial charge in [0.15, 0.2) is 0 Å². The van der Waals surface area contributed by atoms with Crippen molar-refractivity contribution in [3.63, 3.8) is 0 Å². The number of rotatable bonds is 9. The molecule has 1 rings (SSSR count). The predicted molar refractivity (Wildman–Crippen MR) is 84.6 cm³/mol. The van der Waals surface area contributed by atoms with Gasteiger partial charge in [0.25, 0.3) is 0 Å². The third kappa shape index (κ3) is 5.05. The zero-order chi connectivity index (χ0) is 14.6. The molecule has 2 atom stereocenters. The van der Waals surface area contributed by atoms with Crippen LogP contribution in [0.2, 0.25) is 11.6 Å². The molecule has 1 aliphatic carbocycles. The summed E-state index contributed by atoms with van der Waals surface area (Å²) >= 11 is 0. The Morgan fingerprint density at radius 1 is 1.21 bits per heavy atom. The summed E-state index contributed by atoms with van der Waals surface area (Å²) in [6.07, 6.45) is 4.37. The summed E-state index contributed by atoms with van der Waals surface area (Å²) in [5.41, 5.74) is 1.88. The van der Waals surface area contributed by atoms with Crippen LogP contribution in [0.4, 0.5) is 0 Å². The second-order valence-corrected chi connectivity index (χ2v) is 9.86. The van der Waals surface area contributed by atoms with E-state index in [0.717, 1.165) is 12.0 Å². The molecule has 1 aliphatic rings. The highest BCUT2D eigenvalue weighted by Gasteiger charge is 2.58. The summed E-state index contributed by atoms with van der Waals surface area (Å²) in [4.78, 5) is 0. The molecule has 1 saturated carbocycles. The fourth-order valence-corrected chi connectivity index (χ4v) is 7.93. The molecule has 0 heterocycles. The average Bonchev–Trinajstić information content (AvgIpc) is 2.94. The van der Waals surface area contributed by atoms with Crippen LogP contribution in [-0.2, 0) is 8.85 Å². The molecule has 0 aliphatic heterocycles. The number of allylic oxidation sites excluding steroid dienone is 1. The maximum Gasteiger partial charge on any atom is 0.346 e. The Morgan fingerprint density at radius 3 is 2.11 bits per heavy atom. The van der Waals surface area contributed by atoms with Crippen LogP contribution in [0.3, 0.4) is 0 Å². The number of hydrogen-bond acceptors (Lipinski definition) is 2. The molecule has 0 spiro atoms. The number of hydrogen-bond donors (Lipinski definition) is 0. The summed E-state index contributed by atoms with van der Waals surface area (Å²) in [6, 6.07) is 0.953. The van der Waals surface area contributed by atoms with E-state index >= 15 is 0 Å². The first-order valence-electron chi connectivity index (χ1n) is 7.80. The van der Waals surface area contributed by atoms with Gasteiger partial charge in [0.1, 0.15) is 0 Å². The van der Waals surface area contributed by atoms with Gasteiger partial charge < -0.3 is 8.85 Å². The first kappa shape index (κ1) is 16.9. The normalized spacial score (nSPS) is 23.2. The predicted octanol–water partition coefficient (Wildman–Crippen LogP) is 5.04. The Kier molecular flexibility index (Phi) is 6.28. The Bertz CT molecular complexity index is 289. The molecule has 112 valence electrons. The van der Waals surface area contributed by atoms with Crippen molar-refractivity contribution in [2.24, 2.45) is 5.92 Å². The Hall–Kier alpha value is -0.123. The van der Waals surface area contributed by atoms with Gasteiger partial charge in [-0.15, -0.1) is 6.58 Å². The van der Waals surface area contributed by atoms with Crippen LogP contribution in [0.15, 0.2) is 12.2 Å². The van der Waals surface area contributed by atoms with E-state index in [4.69, 9.17) is 8.85 Å². The van der Waals surface area contributed by atoms with Gasteiger partial charge >= 0.3 is 8.56 Å². The zero-order valence-electron chi connectivity index (χ0n) is 13.7. The maximum absolute atomic E-state index is 6.42. The standard InChI is InChI=1S/C16H32O2Si/c1-8-9-15-10-16(15)19(11-12(2)3,17-13(4)5)18-14(6)7/h13-16H,2,8-11H2,1,3-7H3. The average molecular weight is 285 g/mol. The van der Waals surface area contributed by atoms with Gasteiger partial charge in [-0.2, -0.15) is 0 Å². The van der Waals surface area contributed by atoms with Crippen LogP contribution in [0.5, 0.6) is 0 Å². The lowest BCUT2D eigenvalue weighted by Crippen LogP contribution is -2.47. The van der Waals surface area contributed by atoms with Crippen molar-refractivity contribution in [1.29, 1.82) is 0 Å². The van der Waals surface area contributed by atoms with E-state index < -0.39 is 8.56 Å². The van der Waals surface area contributed by atoms with E-state index in [-0.39, 0.29) is 12.2 Å². The molecule has 0 saturated heterocycles. The van der Waals surface area contributed by atoms with Crippen LogP contribution >= 0.6 is 0 Å². The summed E-state index contributed by atoms with van der Waals surface area (Å²) in [5.74, 6) is 0.827. The Balaban J connectivity index is 2.87. The van der Waals surface area contributed by atoms with E-state index in [1.54, 1.807) is 0 Å². The summed E-state index contributed by atoms with van der Waals surface area (Å²) < 4.78 is 12.8. The highest BCUT2D eigenvalue weighted by Crippen LogP contribution is 2.57. The van der Waals surface area contributed by atoms with Gasteiger partial charge in [0.05, 0.1) is 0 Å². The Morgan fingerprint density at radius 2 is 1.74 bits per heavy atom. The summed E-state index contributed by atoms with van der Waals surface area (Å²) in [5, 5.41) is 0. The molecule has 19 heavy (non-hydrogen) atoms. The molecule has 0 bridgehead atoms. The Labute approximate surface area is 120 Å². The molecule has 0 aromatic carbocycles. The quantitative estimate of drug-likeness (QED) is 0.436. The minimum atomic E-state index is -2.15. The summed E-state index contributed by atoms with van der Waals surface area (Å²) in [6.45, 7) is 17.0. The fourth-order valence-electron chi connectivity index (χ4n) is 3.11. The van der Waals surface area contributed by atoms with E-state index in [2.05, 4.69) is 48.1 Å². The van der Waals surface area contributed by atoms with E-state index in [1.807, 2.05) is 0 Å². The van der Waals surface area contributed by atoms with Crippen molar-refractivity contribution in [3.8, 4) is 0 Å². The first-order valence-corrected chi connectivity index (χ1v) is 9.90. The van der Waals surface area contributed by atoms with Gasteiger partial charge in [0, 0.05) is 23.8 Å². The van der Waals surface area contributed by atoms with Crippen molar-refractivity contribution in [1.82, 2.24) is 0 Å². The van der Waals surface area contributed by atoms with Crippen LogP contribution in [0.25, 0.3) is 0 Å². The molecule has 0 N–H and O–H groups in total. The van der Waals surface area contributed by atoms with Crippen molar-refractivity contribution >= 4 is 8.56 Å². The maximum atomic E-state index is 6.42. The molecule has 0 amide bonds. The van der Waals surface area contributed by atoms with Crippen LogP contribution in [0.1, 0.15) is 60.8 Å². The molecule has 3 heteroatoms. The molecule has 0 aromatic rings. The monoisotopic (exact) mass is 284 g/mol. The van der Waals surface area contributed by atoms with Crippen molar-refractivity contribution < 1.29 is 8.85 Å². The van der Waals surface area contributed by atoms with E-state index in [9.17, 15) is 0 Å². The molecular formula is C16H32O2Si. The largest absolute Gasteiger partial charge is 0.391 e. The third-order valence-corrected chi connectivity index (χ3v) is 8.24. The van der Waals surface area contributed by atoms with Crippen molar-refractivity contribution in [2.75, 3.05) is 0 Å². The highest BCUT2D eigenvalue weighted by molar-refractivity contribution is 6.70. The van der Waals surface area contributed by atoms with Crippen LogP contribution in [0, 0.1) is 5.92 Å². The molecule has 1 fully saturated rings. The van der Waals surface area contributed by atoms with Gasteiger partial charge in [-0.1, -0.05) is 25.3 Å². The molecule has 0 aromatic heterocycles. The molecule has 0 radical (unpaired) electrons. The smallest absolute Gasteiger partial charge is 0.346 e. The van der Waals surface area contributed by atoms with E-state index in [0.29, 0.717) is 5.54 Å². The van der Waals surface area contributed by atoms with Gasteiger partial charge in [0.2, 0.25) is 0 Å². The summed E-state index contributed by atoms with van der Waals surface area (Å²) in [7, 11) is -2.15. The lowest BCUT2D eigenvalue weighted by Gasteiger charge is -2.35. The second kappa shape index (κ2) is 7.05. The second-order valence-electron chi connectivity index (χ2n) is 6.67. The van der Waals surface area contributed by atoms with Gasteiger partial charge in [-0.25, -0.2) is 0 Å². The van der Waals surface area contributed by atoms with Crippen LogP contribution < -0.4 is 0 Å². The zero-order valence-corrected chi connectivity index (χ0v) is 14.7. The lowest BCUT2D eigenvalue weighted by atomic mass is 10.2. The fraction of sp³-hybridized carbons (Fsp3) is 0.875. The first-order chi connectivity index (χ1) is 8.80. The van der Waals surface area contributed by atoms with Crippen molar-refractivity contribution in [3.05, 3.63) is 12.2 Å².